The van der Waals surface area contributed by atoms with E-state index in [1.165, 1.54) is 5.56 Å². The van der Waals surface area contributed by atoms with Gasteiger partial charge in [-0.2, -0.15) is 0 Å². The molecule has 0 saturated carbocycles. The van der Waals surface area contributed by atoms with Crippen LogP contribution in [0.2, 0.25) is 5.02 Å². The Morgan fingerprint density at radius 1 is 1.44 bits per heavy atom. The number of hydrogen-bond donors (Lipinski definition) is 1. The van der Waals surface area contributed by atoms with Crippen LogP contribution in [0.3, 0.4) is 0 Å². The van der Waals surface area contributed by atoms with Gasteiger partial charge in [0.25, 0.3) is 0 Å². The molecule has 0 bridgehead atoms. The number of hydrogen-bond acceptors (Lipinski definition) is 2. The van der Waals surface area contributed by atoms with Gasteiger partial charge in [0.2, 0.25) is 0 Å². The Hall–Kier alpha value is -1.17. The number of benzene rings is 1. The van der Waals surface area contributed by atoms with E-state index >= 15 is 0 Å². The van der Waals surface area contributed by atoms with Crippen molar-refractivity contribution in [2.45, 2.75) is 31.8 Å². The minimum absolute atomic E-state index is 0.228. The molecule has 1 aromatic carbocycles. The highest BCUT2D eigenvalue weighted by Crippen LogP contribution is 2.30. The van der Waals surface area contributed by atoms with E-state index in [1.54, 1.807) is 0 Å². The molecule has 0 aromatic heterocycles. The number of ether oxygens (including phenoxy) is 1. The van der Waals surface area contributed by atoms with Crippen molar-refractivity contribution in [1.82, 2.24) is 5.32 Å². The van der Waals surface area contributed by atoms with Crippen LogP contribution < -0.4 is 10.1 Å². The molecule has 0 aliphatic carbocycles. The Labute approximate surface area is 114 Å². The first-order valence-electron chi connectivity index (χ1n) is 6.39. The Balaban J connectivity index is 1.67. The Kier molecular flexibility index (Phi) is 4.92. The van der Waals surface area contributed by atoms with Crippen LogP contribution in [-0.4, -0.2) is 19.2 Å². The minimum atomic E-state index is 0.228. The van der Waals surface area contributed by atoms with Crippen LogP contribution in [0.25, 0.3) is 0 Å². The molecule has 1 aliphatic heterocycles. The van der Waals surface area contributed by atoms with Gasteiger partial charge in [0.1, 0.15) is 11.9 Å². The van der Waals surface area contributed by atoms with Gasteiger partial charge in [0.15, 0.2) is 0 Å². The number of terminal acetylenes is 1. The summed E-state index contributed by atoms with van der Waals surface area (Å²) < 4.78 is 5.84. The van der Waals surface area contributed by atoms with Gasteiger partial charge in [-0.25, -0.2) is 0 Å². The highest BCUT2D eigenvalue weighted by atomic mass is 35.5. The van der Waals surface area contributed by atoms with E-state index in [0.717, 1.165) is 49.5 Å². The van der Waals surface area contributed by atoms with Gasteiger partial charge < -0.3 is 10.1 Å². The summed E-state index contributed by atoms with van der Waals surface area (Å²) in [7, 11) is 0. The van der Waals surface area contributed by atoms with Crippen molar-refractivity contribution in [2.75, 3.05) is 13.1 Å². The van der Waals surface area contributed by atoms with Gasteiger partial charge in [-0.1, -0.05) is 11.6 Å². The summed E-state index contributed by atoms with van der Waals surface area (Å²) in [5.74, 6) is 3.62. The van der Waals surface area contributed by atoms with Crippen LogP contribution in [0.15, 0.2) is 18.2 Å². The average Bonchev–Trinajstić information content (AvgIpc) is 2.75. The van der Waals surface area contributed by atoms with E-state index in [0.29, 0.717) is 0 Å². The Bertz CT molecular complexity index is 439. The number of unbranched alkanes of at least 4 members (excludes halogenated alkanes) is 2. The Morgan fingerprint density at radius 2 is 2.33 bits per heavy atom. The van der Waals surface area contributed by atoms with Crippen LogP contribution in [0, 0.1) is 12.3 Å². The summed E-state index contributed by atoms with van der Waals surface area (Å²) in [5, 5.41) is 4.19. The predicted molar refractivity (Wildman–Crippen MR) is 75.1 cm³/mol. The molecule has 1 N–H and O–H groups in total. The van der Waals surface area contributed by atoms with E-state index in [4.69, 9.17) is 22.8 Å². The van der Waals surface area contributed by atoms with E-state index in [2.05, 4.69) is 11.2 Å². The molecule has 0 fully saturated rings. The van der Waals surface area contributed by atoms with Crippen LogP contribution in [0.4, 0.5) is 0 Å². The first kappa shape index (κ1) is 13.3. The second kappa shape index (κ2) is 6.68. The lowest BCUT2D eigenvalue weighted by molar-refractivity contribution is 0.227. The normalized spacial score (nSPS) is 17.0. The zero-order valence-corrected chi connectivity index (χ0v) is 11.2. The third-order valence-electron chi connectivity index (χ3n) is 3.06. The number of halogens is 1. The summed E-state index contributed by atoms with van der Waals surface area (Å²) in [6, 6.07) is 5.81. The lowest BCUT2D eigenvalue weighted by Crippen LogP contribution is -2.30. The molecule has 2 rings (SSSR count). The minimum Gasteiger partial charge on any atom is -0.488 e. The van der Waals surface area contributed by atoms with Crippen molar-refractivity contribution in [3.05, 3.63) is 28.8 Å². The fourth-order valence-electron chi connectivity index (χ4n) is 2.14. The van der Waals surface area contributed by atoms with E-state index in [-0.39, 0.29) is 6.10 Å². The topological polar surface area (TPSA) is 21.3 Å². The maximum Gasteiger partial charge on any atom is 0.123 e. The van der Waals surface area contributed by atoms with Gasteiger partial charge in [0.05, 0.1) is 0 Å². The van der Waals surface area contributed by atoms with Crippen molar-refractivity contribution in [2.24, 2.45) is 0 Å². The molecule has 3 heteroatoms. The van der Waals surface area contributed by atoms with E-state index < -0.39 is 0 Å². The first-order chi connectivity index (χ1) is 8.79. The zero-order chi connectivity index (χ0) is 12.8. The van der Waals surface area contributed by atoms with Crippen molar-refractivity contribution in [1.29, 1.82) is 0 Å². The molecule has 0 saturated heterocycles. The monoisotopic (exact) mass is 263 g/mol. The molecular formula is C15H18ClNO. The van der Waals surface area contributed by atoms with Gasteiger partial charge in [0, 0.05) is 24.4 Å². The largest absolute Gasteiger partial charge is 0.488 e. The molecule has 96 valence electrons. The summed E-state index contributed by atoms with van der Waals surface area (Å²) in [6.07, 6.45) is 9.44. The number of nitrogens with one attached hydrogen (secondary N) is 1. The second-order valence-electron chi connectivity index (χ2n) is 4.56. The zero-order valence-electron chi connectivity index (χ0n) is 10.4. The maximum absolute atomic E-state index is 5.96. The molecule has 1 aromatic rings. The molecule has 2 nitrogen and oxygen atoms in total. The molecule has 1 heterocycles. The molecule has 18 heavy (non-hydrogen) atoms. The highest BCUT2D eigenvalue weighted by Gasteiger charge is 2.22. The third-order valence-corrected chi connectivity index (χ3v) is 3.30. The summed E-state index contributed by atoms with van der Waals surface area (Å²) in [6.45, 7) is 1.88. The third kappa shape index (κ3) is 3.66. The van der Waals surface area contributed by atoms with Crippen molar-refractivity contribution < 1.29 is 4.74 Å². The smallest absolute Gasteiger partial charge is 0.123 e. The molecule has 0 radical (unpaired) electrons. The fourth-order valence-corrected chi connectivity index (χ4v) is 2.34. The van der Waals surface area contributed by atoms with Gasteiger partial charge in [-0.3, -0.25) is 0 Å². The van der Waals surface area contributed by atoms with Crippen LogP contribution in [0.5, 0.6) is 5.75 Å². The molecule has 0 spiro atoms. The lowest BCUT2D eigenvalue weighted by atomic mass is 10.1. The van der Waals surface area contributed by atoms with Gasteiger partial charge in [-0.15, -0.1) is 12.3 Å². The Morgan fingerprint density at radius 3 is 3.17 bits per heavy atom. The molecule has 1 aliphatic rings. The highest BCUT2D eigenvalue weighted by molar-refractivity contribution is 6.30. The van der Waals surface area contributed by atoms with Gasteiger partial charge in [-0.05, 0) is 43.1 Å². The van der Waals surface area contributed by atoms with Gasteiger partial charge >= 0.3 is 0 Å². The fraction of sp³-hybridized carbons (Fsp3) is 0.467. The SMILES string of the molecule is C#CCCCCNCC1Cc2cc(Cl)ccc2O1. The van der Waals surface area contributed by atoms with Crippen LogP contribution >= 0.6 is 11.6 Å². The first-order valence-corrected chi connectivity index (χ1v) is 6.76. The molecule has 1 atom stereocenters. The number of rotatable bonds is 6. The average molecular weight is 264 g/mol. The molecular weight excluding hydrogens is 246 g/mol. The van der Waals surface area contributed by atoms with E-state index in [9.17, 15) is 0 Å². The summed E-state index contributed by atoms with van der Waals surface area (Å²) >= 11 is 5.96. The van der Waals surface area contributed by atoms with Crippen molar-refractivity contribution >= 4 is 11.6 Å². The molecule has 1 unspecified atom stereocenters. The second-order valence-corrected chi connectivity index (χ2v) is 5.00. The molecule has 0 amide bonds. The summed E-state index contributed by atoms with van der Waals surface area (Å²) in [5.41, 5.74) is 1.21. The van der Waals surface area contributed by atoms with E-state index in [1.807, 2.05) is 18.2 Å². The maximum atomic E-state index is 5.96. The van der Waals surface area contributed by atoms with Crippen molar-refractivity contribution in [3.8, 4) is 18.1 Å². The summed E-state index contributed by atoms with van der Waals surface area (Å²) in [4.78, 5) is 0. The van der Waals surface area contributed by atoms with Crippen LogP contribution in [0.1, 0.15) is 24.8 Å². The van der Waals surface area contributed by atoms with Crippen molar-refractivity contribution in [3.63, 3.8) is 0 Å². The van der Waals surface area contributed by atoms with Crippen LogP contribution in [-0.2, 0) is 6.42 Å². The number of fused-ring (bicyclic) bond motifs is 1. The predicted octanol–water partition coefficient (Wildman–Crippen LogP) is 3.04. The quantitative estimate of drug-likeness (QED) is 0.629. The lowest BCUT2D eigenvalue weighted by Gasteiger charge is -2.11. The standard InChI is InChI=1S/C15H18ClNO/c1-2-3-4-5-8-17-11-14-10-12-9-13(16)6-7-15(12)18-14/h1,6-7,9,14,17H,3-5,8,10-11H2.